The van der Waals surface area contributed by atoms with Crippen molar-refractivity contribution in [2.45, 2.75) is 12.6 Å². The Morgan fingerprint density at radius 1 is 1.15 bits per heavy atom. The molecule has 0 spiro atoms. The van der Waals surface area contributed by atoms with Crippen molar-refractivity contribution in [3.8, 4) is 6.07 Å². The number of hydrogen-bond donors (Lipinski definition) is 2. The average Bonchev–Trinajstić information content (AvgIpc) is 2.64. The van der Waals surface area contributed by atoms with Gasteiger partial charge >= 0.3 is 6.18 Å². The highest BCUT2D eigenvalue weighted by atomic mass is 19.4. The van der Waals surface area contributed by atoms with Gasteiger partial charge in [-0.1, -0.05) is 12.1 Å². The largest absolute Gasteiger partial charge is 0.418 e. The molecule has 142 valence electrons. The van der Waals surface area contributed by atoms with E-state index in [9.17, 15) is 18.0 Å². The Bertz CT molecular complexity index is 840. The summed E-state index contributed by atoms with van der Waals surface area (Å²) >= 11 is 0. The van der Waals surface area contributed by atoms with Gasteiger partial charge < -0.3 is 4.90 Å². The number of nitrogens with zero attached hydrogens (tertiary/aromatic N) is 2. The van der Waals surface area contributed by atoms with Crippen LogP contribution in [0.5, 0.6) is 0 Å². The first kappa shape index (κ1) is 20.3. The summed E-state index contributed by atoms with van der Waals surface area (Å²) in [6.07, 6.45) is -3.83. The van der Waals surface area contributed by atoms with Crippen molar-refractivity contribution in [3.05, 3.63) is 64.7 Å². The number of hydrazine groups is 1. The molecule has 27 heavy (non-hydrogen) atoms. The molecule has 1 amide bonds. The van der Waals surface area contributed by atoms with Gasteiger partial charge in [0, 0.05) is 12.1 Å². The third kappa shape index (κ3) is 5.72. The zero-order chi connectivity index (χ0) is 20.0. The van der Waals surface area contributed by atoms with E-state index in [-0.39, 0.29) is 11.3 Å². The third-order valence-electron chi connectivity index (χ3n) is 3.83. The number of alkyl halides is 3. The van der Waals surface area contributed by atoms with Gasteiger partial charge in [-0.15, -0.1) is 0 Å². The van der Waals surface area contributed by atoms with Crippen LogP contribution in [-0.4, -0.2) is 31.4 Å². The maximum Gasteiger partial charge on any atom is 0.418 e. The van der Waals surface area contributed by atoms with Gasteiger partial charge in [0.25, 0.3) is 5.91 Å². The second kappa shape index (κ2) is 8.56. The third-order valence-corrected chi connectivity index (χ3v) is 3.83. The summed E-state index contributed by atoms with van der Waals surface area (Å²) in [4.78, 5) is 14.2. The highest BCUT2D eigenvalue weighted by molar-refractivity contribution is 5.95. The van der Waals surface area contributed by atoms with E-state index in [1.165, 1.54) is 6.07 Å². The summed E-state index contributed by atoms with van der Waals surface area (Å²) in [5.74, 6) is -0.563. The van der Waals surface area contributed by atoms with Gasteiger partial charge in [0.1, 0.15) is 0 Å². The van der Waals surface area contributed by atoms with Crippen LogP contribution in [0, 0.1) is 11.3 Å². The molecule has 0 saturated carbocycles. The number of nitriles is 1. The number of nitrogens with one attached hydrogen (secondary N) is 2. The summed E-state index contributed by atoms with van der Waals surface area (Å²) in [5, 5.41) is 8.77. The minimum absolute atomic E-state index is 0.118. The van der Waals surface area contributed by atoms with E-state index in [1.807, 2.05) is 19.0 Å². The molecule has 5 nitrogen and oxygen atoms in total. The van der Waals surface area contributed by atoms with Crippen molar-refractivity contribution in [1.29, 1.82) is 5.26 Å². The molecule has 0 aromatic heterocycles. The number of rotatable bonds is 6. The van der Waals surface area contributed by atoms with Crippen molar-refractivity contribution in [2.24, 2.45) is 0 Å². The molecule has 0 heterocycles. The second-order valence-corrected chi connectivity index (χ2v) is 6.20. The van der Waals surface area contributed by atoms with E-state index in [2.05, 4.69) is 10.9 Å². The number of anilines is 1. The lowest BCUT2D eigenvalue weighted by molar-refractivity contribution is -0.137. The molecule has 0 unspecified atom stereocenters. The second-order valence-electron chi connectivity index (χ2n) is 6.20. The molecule has 0 aliphatic carbocycles. The monoisotopic (exact) mass is 376 g/mol. The minimum atomic E-state index is -4.66. The molecule has 2 rings (SSSR count). The van der Waals surface area contributed by atoms with E-state index < -0.39 is 17.6 Å². The zero-order valence-electron chi connectivity index (χ0n) is 14.9. The van der Waals surface area contributed by atoms with Crippen molar-refractivity contribution in [1.82, 2.24) is 10.3 Å². The van der Waals surface area contributed by atoms with Crippen LogP contribution in [0.1, 0.15) is 27.0 Å². The number of halogens is 3. The fourth-order valence-corrected chi connectivity index (χ4v) is 2.33. The van der Waals surface area contributed by atoms with E-state index in [0.717, 1.165) is 30.7 Å². The minimum Gasteiger partial charge on any atom is -0.309 e. The first-order chi connectivity index (χ1) is 12.7. The highest BCUT2D eigenvalue weighted by Crippen LogP contribution is 2.35. The van der Waals surface area contributed by atoms with Crippen LogP contribution in [0.15, 0.2) is 42.5 Å². The number of amides is 1. The van der Waals surface area contributed by atoms with Crippen molar-refractivity contribution in [2.75, 3.05) is 26.1 Å². The molecule has 0 saturated heterocycles. The lowest BCUT2D eigenvalue weighted by Crippen LogP contribution is -2.30. The number of carbonyl (C=O) groups excluding carboxylic acids is 1. The first-order valence-electron chi connectivity index (χ1n) is 8.12. The fourth-order valence-electron chi connectivity index (χ4n) is 2.33. The standard InChI is InChI=1S/C19H19F3N4O/c1-26(2)10-9-13-3-6-15(7-4-13)18(27)25-24-17-8-5-14(12-23)11-16(17)19(20,21)22/h3-8,11,24H,9-10H2,1-2H3,(H,25,27). The molecular formula is C19H19F3N4O. The van der Waals surface area contributed by atoms with Gasteiger partial charge in [0.15, 0.2) is 0 Å². The van der Waals surface area contributed by atoms with Crippen LogP contribution in [0.25, 0.3) is 0 Å². The van der Waals surface area contributed by atoms with Crippen LogP contribution < -0.4 is 10.9 Å². The Kier molecular flexibility index (Phi) is 6.42. The molecule has 0 bridgehead atoms. The average molecular weight is 376 g/mol. The van der Waals surface area contributed by atoms with Crippen LogP contribution in [0.4, 0.5) is 18.9 Å². The predicted molar refractivity (Wildman–Crippen MR) is 95.9 cm³/mol. The number of carbonyl (C=O) groups is 1. The molecule has 2 aromatic rings. The van der Waals surface area contributed by atoms with E-state index in [4.69, 9.17) is 5.26 Å². The van der Waals surface area contributed by atoms with E-state index >= 15 is 0 Å². The SMILES string of the molecule is CN(C)CCc1ccc(C(=O)NNc2ccc(C#N)cc2C(F)(F)F)cc1. The van der Waals surface area contributed by atoms with Gasteiger partial charge in [0.2, 0.25) is 0 Å². The summed E-state index contributed by atoms with van der Waals surface area (Å²) in [6, 6.07) is 11.6. The van der Waals surface area contributed by atoms with Gasteiger partial charge in [-0.2, -0.15) is 18.4 Å². The Morgan fingerprint density at radius 3 is 2.37 bits per heavy atom. The van der Waals surface area contributed by atoms with Gasteiger partial charge in [0.05, 0.1) is 22.9 Å². The fraction of sp³-hybridized carbons (Fsp3) is 0.263. The van der Waals surface area contributed by atoms with Gasteiger partial charge in [-0.25, -0.2) is 0 Å². The Balaban J connectivity index is 2.06. The van der Waals surface area contributed by atoms with Crippen LogP contribution in [0.2, 0.25) is 0 Å². The maximum atomic E-state index is 13.1. The summed E-state index contributed by atoms with van der Waals surface area (Å²) < 4.78 is 39.4. The van der Waals surface area contributed by atoms with Crippen LogP contribution in [-0.2, 0) is 12.6 Å². The predicted octanol–water partition coefficient (Wildman–Crippen LogP) is 3.44. The van der Waals surface area contributed by atoms with Crippen molar-refractivity contribution >= 4 is 11.6 Å². The molecule has 8 heteroatoms. The van der Waals surface area contributed by atoms with E-state index in [1.54, 1.807) is 30.3 Å². The molecule has 2 aromatic carbocycles. The number of likely N-dealkylation sites (N-methyl/N-ethyl adjacent to an activating group) is 1. The molecule has 0 aliphatic rings. The Hall–Kier alpha value is -3.05. The Morgan fingerprint density at radius 2 is 1.81 bits per heavy atom. The number of hydrogen-bond acceptors (Lipinski definition) is 4. The molecule has 0 atom stereocenters. The zero-order valence-corrected chi connectivity index (χ0v) is 14.9. The molecule has 2 N–H and O–H groups in total. The summed E-state index contributed by atoms with van der Waals surface area (Å²) in [5.41, 5.74) is 4.44. The quantitative estimate of drug-likeness (QED) is 0.758. The maximum absolute atomic E-state index is 13.1. The normalized spacial score (nSPS) is 11.1. The Labute approximate surface area is 155 Å². The van der Waals surface area contributed by atoms with Crippen LogP contribution >= 0.6 is 0 Å². The van der Waals surface area contributed by atoms with Crippen molar-refractivity contribution < 1.29 is 18.0 Å². The van der Waals surface area contributed by atoms with Crippen LogP contribution in [0.3, 0.4) is 0 Å². The topological polar surface area (TPSA) is 68.2 Å². The lowest BCUT2D eigenvalue weighted by Gasteiger charge is -2.15. The highest BCUT2D eigenvalue weighted by Gasteiger charge is 2.34. The van der Waals surface area contributed by atoms with Gasteiger partial charge in [-0.3, -0.25) is 15.6 Å². The first-order valence-corrected chi connectivity index (χ1v) is 8.12. The smallest absolute Gasteiger partial charge is 0.309 e. The van der Waals surface area contributed by atoms with Crippen molar-refractivity contribution in [3.63, 3.8) is 0 Å². The summed E-state index contributed by atoms with van der Waals surface area (Å²) in [6.45, 7) is 0.867. The lowest BCUT2D eigenvalue weighted by atomic mass is 10.1. The molecule has 0 aliphatic heterocycles. The number of benzene rings is 2. The summed E-state index contributed by atoms with van der Waals surface area (Å²) in [7, 11) is 3.93. The van der Waals surface area contributed by atoms with Gasteiger partial charge in [-0.05, 0) is 56.4 Å². The molecule has 0 fully saturated rings. The molecule has 0 radical (unpaired) electrons. The molecular weight excluding hydrogens is 357 g/mol. The van der Waals surface area contributed by atoms with E-state index in [0.29, 0.717) is 5.56 Å².